The van der Waals surface area contributed by atoms with Crippen LogP contribution >= 0.6 is 0 Å². The first-order chi connectivity index (χ1) is 18.0. The molecule has 3 rings (SSSR count). The second-order valence-corrected chi connectivity index (χ2v) is 11.2. The molecule has 9 nitrogen and oxygen atoms in total. The molecule has 0 spiro atoms. The van der Waals surface area contributed by atoms with Crippen LogP contribution in [-0.4, -0.2) is 52.4 Å². The highest BCUT2D eigenvalue weighted by molar-refractivity contribution is 5.94. The Morgan fingerprint density at radius 3 is 2.33 bits per heavy atom. The molecule has 0 saturated carbocycles. The molecule has 12 heteroatoms. The van der Waals surface area contributed by atoms with E-state index in [1.165, 1.54) is 31.7 Å². The summed E-state index contributed by atoms with van der Waals surface area (Å²) >= 11 is 0. The Labute approximate surface area is 223 Å². The van der Waals surface area contributed by atoms with Crippen molar-refractivity contribution in [3.8, 4) is 6.07 Å². The SMILES string of the molecule is CC(C)[C@@H]1C[C@@H](C(=O)N[C@H](C#N)c2cc(=O)[nH]c3ccccc23)N(C(=O)[C@@H](NC(=O)C(F)(F)F)C(C)(C)C)C1. The fourth-order valence-corrected chi connectivity index (χ4v) is 4.76. The number of nitrogens with one attached hydrogen (secondary N) is 3. The van der Waals surface area contributed by atoms with Crippen LogP contribution in [0.1, 0.15) is 52.6 Å². The van der Waals surface area contributed by atoms with Crippen molar-refractivity contribution in [2.45, 2.75) is 65.3 Å². The van der Waals surface area contributed by atoms with Crippen LogP contribution in [0.3, 0.4) is 0 Å². The number of alkyl halides is 3. The van der Waals surface area contributed by atoms with Crippen LogP contribution in [0.5, 0.6) is 0 Å². The van der Waals surface area contributed by atoms with Crippen LogP contribution in [0.25, 0.3) is 10.9 Å². The van der Waals surface area contributed by atoms with E-state index in [1.54, 1.807) is 29.6 Å². The number of fused-ring (bicyclic) bond motifs is 1. The lowest BCUT2D eigenvalue weighted by Gasteiger charge is -2.35. The predicted octanol–water partition coefficient (Wildman–Crippen LogP) is 3.18. The van der Waals surface area contributed by atoms with Crippen molar-refractivity contribution in [2.24, 2.45) is 17.3 Å². The summed E-state index contributed by atoms with van der Waals surface area (Å²) < 4.78 is 39.1. The second kappa shape index (κ2) is 11.1. The molecule has 1 aliphatic heterocycles. The molecule has 1 aliphatic rings. The topological polar surface area (TPSA) is 135 Å². The normalized spacial score (nSPS) is 19.4. The van der Waals surface area contributed by atoms with Crippen LogP contribution in [0.15, 0.2) is 35.1 Å². The first-order valence-electron chi connectivity index (χ1n) is 12.5. The van der Waals surface area contributed by atoms with E-state index < -0.39 is 53.0 Å². The highest BCUT2D eigenvalue weighted by atomic mass is 19.4. The molecule has 0 bridgehead atoms. The Kier molecular flexibility index (Phi) is 8.43. The third-order valence-corrected chi connectivity index (χ3v) is 7.02. The van der Waals surface area contributed by atoms with Crippen molar-refractivity contribution in [3.05, 3.63) is 46.2 Å². The maximum atomic E-state index is 13.6. The summed E-state index contributed by atoms with van der Waals surface area (Å²) in [5, 5.41) is 14.9. The molecular formula is C27H32F3N5O4. The molecule has 0 radical (unpaired) electrons. The second-order valence-electron chi connectivity index (χ2n) is 11.2. The van der Waals surface area contributed by atoms with Crippen LogP contribution < -0.4 is 16.2 Å². The van der Waals surface area contributed by atoms with E-state index >= 15 is 0 Å². The van der Waals surface area contributed by atoms with E-state index in [4.69, 9.17) is 0 Å². The van der Waals surface area contributed by atoms with Gasteiger partial charge in [-0.3, -0.25) is 19.2 Å². The summed E-state index contributed by atoms with van der Waals surface area (Å²) in [6.45, 7) is 8.44. The number of amides is 3. The maximum absolute atomic E-state index is 13.6. The molecule has 2 aromatic rings. The molecule has 1 fully saturated rings. The quantitative estimate of drug-likeness (QED) is 0.511. The summed E-state index contributed by atoms with van der Waals surface area (Å²) in [7, 11) is 0. The first-order valence-corrected chi connectivity index (χ1v) is 12.5. The van der Waals surface area contributed by atoms with Gasteiger partial charge in [-0.2, -0.15) is 18.4 Å². The average Bonchev–Trinajstić information content (AvgIpc) is 3.29. The van der Waals surface area contributed by atoms with Crippen LogP contribution in [-0.2, 0) is 14.4 Å². The van der Waals surface area contributed by atoms with Gasteiger partial charge < -0.3 is 20.5 Å². The number of likely N-dealkylation sites (tertiary alicyclic amines) is 1. The number of carbonyl (C=O) groups excluding carboxylic acids is 3. The van der Waals surface area contributed by atoms with Crippen molar-refractivity contribution < 1.29 is 27.6 Å². The zero-order valence-corrected chi connectivity index (χ0v) is 22.3. The Balaban J connectivity index is 1.95. The third kappa shape index (κ3) is 6.58. The number of pyridine rings is 1. The van der Waals surface area contributed by atoms with Crippen LogP contribution in [0, 0.1) is 28.6 Å². The van der Waals surface area contributed by atoms with Crippen LogP contribution in [0.4, 0.5) is 13.2 Å². The number of para-hydroxylation sites is 1. The summed E-state index contributed by atoms with van der Waals surface area (Å²) in [4.78, 5) is 55.0. The molecule has 210 valence electrons. The number of aromatic amines is 1. The van der Waals surface area contributed by atoms with Crippen molar-refractivity contribution in [2.75, 3.05) is 6.54 Å². The van der Waals surface area contributed by atoms with Crippen LogP contribution in [0.2, 0.25) is 0 Å². The molecule has 39 heavy (non-hydrogen) atoms. The minimum absolute atomic E-state index is 0.0411. The number of hydrogen-bond donors (Lipinski definition) is 3. The van der Waals surface area contributed by atoms with Gasteiger partial charge in [-0.1, -0.05) is 52.8 Å². The minimum Gasteiger partial charge on any atom is -0.336 e. The van der Waals surface area contributed by atoms with E-state index in [0.717, 1.165) is 0 Å². The number of nitriles is 1. The molecular weight excluding hydrogens is 515 g/mol. The average molecular weight is 548 g/mol. The van der Waals surface area contributed by atoms with Gasteiger partial charge in [-0.25, -0.2) is 0 Å². The number of H-pyrrole nitrogens is 1. The number of rotatable bonds is 6. The van der Waals surface area contributed by atoms with E-state index in [2.05, 4.69) is 10.3 Å². The number of halogens is 3. The molecule has 1 aromatic heterocycles. The summed E-state index contributed by atoms with van der Waals surface area (Å²) in [6.07, 6.45) is -4.98. The Hall–Kier alpha value is -3.88. The molecule has 3 amide bonds. The minimum atomic E-state index is -5.19. The lowest BCUT2D eigenvalue weighted by Crippen LogP contribution is -2.59. The molecule has 3 N–H and O–H groups in total. The van der Waals surface area contributed by atoms with Crippen molar-refractivity contribution in [3.63, 3.8) is 0 Å². The van der Waals surface area contributed by atoms with Gasteiger partial charge in [0.25, 0.3) is 0 Å². The van der Waals surface area contributed by atoms with E-state index in [1.807, 2.05) is 19.9 Å². The highest BCUT2D eigenvalue weighted by Gasteiger charge is 2.48. The zero-order valence-electron chi connectivity index (χ0n) is 22.3. The van der Waals surface area contributed by atoms with Crippen molar-refractivity contribution >= 4 is 28.6 Å². The molecule has 0 unspecified atom stereocenters. The van der Waals surface area contributed by atoms with Gasteiger partial charge in [0.2, 0.25) is 17.4 Å². The van der Waals surface area contributed by atoms with Crippen molar-refractivity contribution in [1.82, 2.24) is 20.5 Å². The van der Waals surface area contributed by atoms with Gasteiger partial charge in [-0.05, 0) is 29.7 Å². The largest absolute Gasteiger partial charge is 0.471 e. The molecule has 1 aromatic carbocycles. The van der Waals surface area contributed by atoms with Gasteiger partial charge in [0.1, 0.15) is 18.1 Å². The number of aromatic nitrogens is 1. The Bertz CT molecular complexity index is 1360. The van der Waals surface area contributed by atoms with E-state index in [0.29, 0.717) is 10.9 Å². The number of nitrogens with zero attached hydrogens (tertiary/aromatic N) is 2. The van der Waals surface area contributed by atoms with Gasteiger partial charge in [0, 0.05) is 29.1 Å². The fourth-order valence-electron chi connectivity index (χ4n) is 4.76. The maximum Gasteiger partial charge on any atom is 0.471 e. The summed E-state index contributed by atoms with van der Waals surface area (Å²) in [5.74, 6) is -3.86. The zero-order chi connectivity index (χ0) is 29.3. The highest BCUT2D eigenvalue weighted by Crippen LogP contribution is 2.33. The summed E-state index contributed by atoms with van der Waals surface area (Å²) in [6, 6.07) is 6.08. The Morgan fingerprint density at radius 2 is 1.77 bits per heavy atom. The number of hydrogen-bond acceptors (Lipinski definition) is 5. The lowest BCUT2D eigenvalue weighted by atomic mass is 9.85. The fraction of sp³-hybridized carbons (Fsp3) is 0.519. The monoisotopic (exact) mass is 547 g/mol. The standard InChI is InChI=1S/C27H32F3N5O4/c1-14(2)15-10-20(35(13-15)24(38)22(26(3,4)5)34-25(39)27(28,29)30)23(37)33-19(12-31)17-11-21(36)32-18-9-7-6-8-16(17)18/h6-9,11,14-15,19-20,22H,10,13H2,1-5H3,(H,32,36)(H,33,37)(H,34,39)/t15-,19-,20+,22-/m1/s1. The first kappa shape index (κ1) is 29.7. The predicted molar refractivity (Wildman–Crippen MR) is 137 cm³/mol. The van der Waals surface area contributed by atoms with E-state index in [-0.39, 0.29) is 30.4 Å². The van der Waals surface area contributed by atoms with Gasteiger partial charge >= 0.3 is 12.1 Å². The Morgan fingerprint density at radius 1 is 1.13 bits per heavy atom. The van der Waals surface area contributed by atoms with Gasteiger partial charge in [0.05, 0.1) is 6.07 Å². The summed E-state index contributed by atoms with van der Waals surface area (Å²) in [5.41, 5.74) is -0.829. The lowest BCUT2D eigenvalue weighted by molar-refractivity contribution is -0.176. The smallest absolute Gasteiger partial charge is 0.336 e. The van der Waals surface area contributed by atoms with Gasteiger partial charge in [-0.15, -0.1) is 0 Å². The number of benzene rings is 1. The van der Waals surface area contributed by atoms with Crippen molar-refractivity contribution in [1.29, 1.82) is 5.26 Å². The molecule has 4 atom stereocenters. The van der Waals surface area contributed by atoms with Gasteiger partial charge in [0.15, 0.2) is 0 Å². The molecule has 2 heterocycles. The third-order valence-electron chi connectivity index (χ3n) is 7.02. The molecule has 1 saturated heterocycles. The molecule has 0 aliphatic carbocycles. The van der Waals surface area contributed by atoms with E-state index in [9.17, 15) is 37.6 Å². The number of carbonyl (C=O) groups is 3.